The van der Waals surface area contributed by atoms with Crippen LogP contribution < -0.4 is 0 Å². The highest BCUT2D eigenvalue weighted by atomic mass is 79.9. The maximum Gasteiger partial charge on any atom is 0.407 e. The molecule has 1 heterocycles. The maximum absolute atomic E-state index is 12.4. The molecule has 0 spiro atoms. The lowest BCUT2D eigenvalue weighted by Gasteiger charge is -2.21. The van der Waals surface area contributed by atoms with E-state index in [2.05, 4.69) is 15.9 Å². The van der Waals surface area contributed by atoms with Gasteiger partial charge in [0.05, 0.1) is 5.56 Å². The van der Waals surface area contributed by atoms with Crippen LogP contribution in [-0.4, -0.2) is 53.1 Å². The zero-order valence-electron chi connectivity index (χ0n) is 11.3. The van der Waals surface area contributed by atoms with Gasteiger partial charge in [-0.1, -0.05) is 0 Å². The molecule has 1 aliphatic heterocycles. The molecule has 2 rings (SSSR count). The van der Waals surface area contributed by atoms with Gasteiger partial charge in [-0.2, -0.15) is 5.26 Å². The Balaban J connectivity index is 2.13. The number of rotatable bonds is 1. The van der Waals surface area contributed by atoms with Crippen molar-refractivity contribution in [2.75, 3.05) is 26.2 Å². The molecule has 1 fully saturated rings. The highest BCUT2D eigenvalue weighted by Crippen LogP contribution is 2.19. The van der Waals surface area contributed by atoms with Gasteiger partial charge in [0.15, 0.2) is 0 Å². The van der Waals surface area contributed by atoms with Gasteiger partial charge in [-0.3, -0.25) is 4.79 Å². The van der Waals surface area contributed by atoms with Gasteiger partial charge in [-0.25, -0.2) is 4.79 Å². The van der Waals surface area contributed by atoms with Crippen LogP contribution in [0.2, 0.25) is 0 Å². The van der Waals surface area contributed by atoms with E-state index in [1.807, 2.05) is 6.07 Å². The van der Waals surface area contributed by atoms with Crippen molar-refractivity contribution in [3.8, 4) is 6.07 Å². The molecule has 1 aliphatic rings. The Morgan fingerprint density at radius 1 is 1.19 bits per heavy atom. The quantitative estimate of drug-likeness (QED) is 0.839. The molecule has 21 heavy (non-hydrogen) atoms. The fourth-order valence-electron chi connectivity index (χ4n) is 2.24. The lowest BCUT2D eigenvalue weighted by Crippen LogP contribution is -2.36. The molecule has 110 valence electrons. The van der Waals surface area contributed by atoms with E-state index in [1.165, 1.54) is 4.90 Å². The number of halogens is 1. The average molecular weight is 352 g/mol. The minimum absolute atomic E-state index is 0.175. The number of carboxylic acid groups (broad SMARTS) is 1. The average Bonchev–Trinajstić information content (AvgIpc) is 2.73. The summed E-state index contributed by atoms with van der Waals surface area (Å²) in [4.78, 5) is 26.3. The van der Waals surface area contributed by atoms with Gasteiger partial charge in [0.2, 0.25) is 0 Å². The topological polar surface area (TPSA) is 84.6 Å². The van der Waals surface area contributed by atoms with Crippen LogP contribution in [0.1, 0.15) is 22.3 Å². The number of amides is 2. The van der Waals surface area contributed by atoms with Crippen molar-refractivity contribution in [3.63, 3.8) is 0 Å². The van der Waals surface area contributed by atoms with E-state index in [1.54, 1.807) is 23.1 Å². The molecule has 0 bridgehead atoms. The van der Waals surface area contributed by atoms with Gasteiger partial charge in [-0.15, -0.1) is 0 Å². The van der Waals surface area contributed by atoms with E-state index in [-0.39, 0.29) is 5.91 Å². The van der Waals surface area contributed by atoms with Crippen molar-refractivity contribution >= 4 is 27.9 Å². The first-order valence-electron chi connectivity index (χ1n) is 6.49. The zero-order valence-corrected chi connectivity index (χ0v) is 12.8. The Bertz CT molecular complexity index is 612. The van der Waals surface area contributed by atoms with E-state index in [0.717, 1.165) is 0 Å². The summed E-state index contributed by atoms with van der Waals surface area (Å²) in [6, 6.07) is 6.91. The van der Waals surface area contributed by atoms with Crippen molar-refractivity contribution in [3.05, 3.63) is 33.8 Å². The molecule has 1 N–H and O–H groups in total. The summed E-state index contributed by atoms with van der Waals surface area (Å²) in [7, 11) is 0. The number of carbonyl (C=O) groups is 2. The number of benzene rings is 1. The van der Waals surface area contributed by atoms with Gasteiger partial charge in [0.1, 0.15) is 6.07 Å². The summed E-state index contributed by atoms with van der Waals surface area (Å²) < 4.78 is 0.648. The third-order valence-electron chi connectivity index (χ3n) is 3.39. The third-order valence-corrected chi connectivity index (χ3v) is 4.08. The number of nitriles is 1. The first-order valence-corrected chi connectivity index (χ1v) is 7.29. The molecule has 0 atom stereocenters. The first kappa shape index (κ1) is 15.3. The van der Waals surface area contributed by atoms with Crippen LogP contribution in [0.15, 0.2) is 22.7 Å². The monoisotopic (exact) mass is 351 g/mol. The van der Waals surface area contributed by atoms with E-state index in [9.17, 15) is 9.59 Å². The number of hydrogen-bond acceptors (Lipinski definition) is 3. The lowest BCUT2D eigenvalue weighted by molar-refractivity contribution is 0.0759. The van der Waals surface area contributed by atoms with Crippen molar-refractivity contribution < 1.29 is 14.7 Å². The largest absolute Gasteiger partial charge is 0.465 e. The summed E-state index contributed by atoms with van der Waals surface area (Å²) in [5.74, 6) is -0.175. The zero-order chi connectivity index (χ0) is 15.4. The normalized spacial score (nSPS) is 15.2. The Hall–Kier alpha value is -2.07. The summed E-state index contributed by atoms with van der Waals surface area (Å²) >= 11 is 3.25. The predicted octanol–water partition coefficient (Wildman–Crippen LogP) is 2.15. The Labute approximate surface area is 130 Å². The second-order valence-corrected chi connectivity index (χ2v) is 5.58. The van der Waals surface area contributed by atoms with Crippen LogP contribution >= 0.6 is 15.9 Å². The van der Waals surface area contributed by atoms with Crippen molar-refractivity contribution in [1.29, 1.82) is 5.26 Å². The van der Waals surface area contributed by atoms with E-state index in [4.69, 9.17) is 10.4 Å². The van der Waals surface area contributed by atoms with Crippen molar-refractivity contribution in [2.45, 2.75) is 6.42 Å². The Morgan fingerprint density at radius 2 is 1.86 bits per heavy atom. The van der Waals surface area contributed by atoms with E-state index in [0.29, 0.717) is 48.2 Å². The molecule has 1 aromatic carbocycles. The second-order valence-electron chi connectivity index (χ2n) is 4.72. The fourth-order valence-corrected chi connectivity index (χ4v) is 2.57. The SMILES string of the molecule is N#Cc1cc(C(=O)N2CCCN(C(=O)O)CC2)ccc1Br. The molecule has 0 aliphatic carbocycles. The van der Waals surface area contributed by atoms with E-state index >= 15 is 0 Å². The van der Waals surface area contributed by atoms with Gasteiger partial charge >= 0.3 is 6.09 Å². The van der Waals surface area contributed by atoms with Gasteiger partial charge in [0, 0.05) is 36.2 Å². The molecule has 2 amide bonds. The summed E-state index contributed by atoms with van der Waals surface area (Å²) in [6.45, 7) is 1.62. The van der Waals surface area contributed by atoms with Crippen LogP contribution in [0.3, 0.4) is 0 Å². The number of carbonyl (C=O) groups excluding carboxylic acids is 1. The summed E-state index contributed by atoms with van der Waals surface area (Å²) in [5, 5.41) is 18.0. The van der Waals surface area contributed by atoms with Gasteiger partial charge < -0.3 is 14.9 Å². The minimum atomic E-state index is -0.959. The molecule has 1 saturated heterocycles. The molecule has 6 nitrogen and oxygen atoms in total. The standard InChI is InChI=1S/C14H14BrN3O3/c15-12-3-2-10(8-11(12)9-16)13(19)17-4-1-5-18(7-6-17)14(20)21/h2-3,8H,1,4-7H2,(H,20,21). The molecule has 1 aromatic rings. The highest BCUT2D eigenvalue weighted by molar-refractivity contribution is 9.10. The van der Waals surface area contributed by atoms with Crippen molar-refractivity contribution in [2.24, 2.45) is 0 Å². The Morgan fingerprint density at radius 3 is 2.52 bits per heavy atom. The van der Waals surface area contributed by atoms with Crippen molar-refractivity contribution in [1.82, 2.24) is 9.80 Å². The number of nitrogens with zero attached hydrogens (tertiary/aromatic N) is 3. The molecule has 0 saturated carbocycles. The molecular weight excluding hydrogens is 338 g/mol. The number of hydrogen-bond donors (Lipinski definition) is 1. The molecule has 0 unspecified atom stereocenters. The maximum atomic E-state index is 12.4. The second kappa shape index (κ2) is 6.59. The predicted molar refractivity (Wildman–Crippen MR) is 79.0 cm³/mol. The van der Waals surface area contributed by atoms with Crippen LogP contribution in [-0.2, 0) is 0 Å². The molecule has 7 heteroatoms. The third kappa shape index (κ3) is 3.52. The first-order chi connectivity index (χ1) is 10.0. The Kier molecular flexibility index (Phi) is 4.81. The van der Waals surface area contributed by atoms with Crippen LogP contribution in [0.25, 0.3) is 0 Å². The van der Waals surface area contributed by atoms with E-state index < -0.39 is 6.09 Å². The highest BCUT2D eigenvalue weighted by Gasteiger charge is 2.22. The summed E-state index contributed by atoms with van der Waals surface area (Å²) in [6.07, 6.45) is -0.348. The molecular formula is C14H14BrN3O3. The fraction of sp³-hybridized carbons (Fsp3) is 0.357. The van der Waals surface area contributed by atoms with Crippen LogP contribution in [0.4, 0.5) is 4.79 Å². The molecule has 0 radical (unpaired) electrons. The van der Waals surface area contributed by atoms with Crippen LogP contribution in [0.5, 0.6) is 0 Å². The van der Waals surface area contributed by atoms with Gasteiger partial charge in [-0.05, 0) is 40.5 Å². The van der Waals surface area contributed by atoms with Gasteiger partial charge in [0.25, 0.3) is 5.91 Å². The molecule has 0 aromatic heterocycles. The summed E-state index contributed by atoms with van der Waals surface area (Å²) in [5.41, 5.74) is 0.848. The van der Waals surface area contributed by atoms with Crippen LogP contribution in [0, 0.1) is 11.3 Å². The minimum Gasteiger partial charge on any atom is -0.465 e. The smallest absolute Gasteiger partial charge is 0.407 e. The lowest BCUT2D eigenvalue weighted by atomic mass is 10.1.